The van der Waals surface area contributed by atoms with Gasteiger partial charge in [-0.1, -0.05) is 30.3 Å². The molecule has 94 valence electrons. The van der Waals surface area contributed by atoms with Gasteiger partial charge >= 0.3 is 0 Å². The molecule has 0 bridgehead atoms. The molecule has 1 aromatic carbocycles. The molecular weight excluding hydrogens is 214 g/mol. The van der Waals surface area contributed by atoms with Gasteiger partial charge in [-0.25, -0.2) is 0 Å². The van der Waals surface area contributed by atoms with Gasteiger partial charge in [0.1, 0.15) is 0 Å². The molecule has 0 aromatic heterocycles. The van der Waals surface area contributed by atoms with Gasteiger partial charge in [0.05, 0.1) is 0 Å². The Balaban J connectivity index is 2.22. The summed E-state index contributed by atoms with van der Waals surface area (Å²) >= 11 is 0. The maximum atomic E-state index is 9.43. The second-order valence-corrected chi connectivity index (χ2v) is 4.72. The van der Waals surface area contributed by atoms with Crippen LogP contribution in [0, 0.1) is 5.92 Å². The minimum absolute atomic E-state index is 0.0343. The summed E-state index contributed by atoms with van der Waals surface area (Å²) in [5, 5.41) is 18.9. The first-order valence-corrected chi connectivity index (χ1v) is 6.37. The van der Waals surface area contributed by atoms with Gasteiger partial charge in [0.15, 0.2) is 0 Å². The third-order valence-electron chi connectivity index (χ3n) is 3.59. The zero-order valence-corrected chi connectivity index (χ0v) is 10.1. The number of rotatable bonds is 5. The first-order chi connectivity index (χ1) is 8.36. The lowest BCUT2D eigenvalue weighted by molar-refractivity contribution is 0.0687. The number of benzene rings is 1. The van der Waals surface area contributed by atoms with Crippen LogP contribution in [0.1, 0.15) is 24.4 Å². The molecule has 17 heavy (non-hydrogen) atoms. The highest BCUT2D eigenvalue weighted by Crippen LogP contribution is 2.31. The number of hydrogen-bond donors (Lipinski definition) is 2. The van der Waals surface area contributed by atoms with E-state index in [9.17, 15) is 10.2 Å². The Morgan fingerprint density at radius 1 is 1.00 bits per heavy atom. The SMILES string of the molecule is OCC(CO)[C@H](c1ccccc1)N1CCCC1. The van der Waals surface area contributed by atoms with Crippen molar-refractivity contribution >= 4 is 0 Å². The van der Waals surface area contributed by atoms with E-state index in [0.29, 0.717) is 0 Å². The molecule has 3 heteroatoms. The summed E-state index contributed by atoms with van der Waals surface area (Å²) in [6, 6.07) is 10.3. The Labute approximate surface area is 103 Å². The summed E-state index contributed by atoms with van der Waals surface area (Å²) in [4.78, 5) is 2.38. The molecule has 1 aliphatic rings. The second-order valence-electron chi connectivity index (χ2n) is 4.72. The number of likely N-dealkylation sites (tertiary alicyclic amines) is 1. The van der Waals surface area contributed by atoms with E-state index < -0.39 is 0 Å². The summed E-state index contributed by atoms with van der Waals surface area (Å²) < 4.78 is 0. The van der Waals surface area contributed by atoms with Crippen LogP contribution in [-0.2, 0) is 0 Å². The lowest BCUT2D eigenvalue weighted by Crippen LogP contribution is -2.35. The molecule has 1 saturated heterocycles. The standard InChI is InChI=1S/C14H21NO2/c16-10-13(11-17)14(15-8-4-5-9-15)12-6-2-1-3-7-12/h1-3,6-7,13-14,16-17H,4-5,8-11H2/t14-/m0/s1. The fourth-order valence-electron chi connectivity index (χ4n) is 2.71. The third kappa shape index (κ3) is 2.86. The first kappa shape index (κ1) is 12.6. The molecule has 0 spiro atoms. The number of hydrogen-bond acceptors (Lipinski definition) is 3. The Morgan fingerprint density at radius 2 is 1.59 bits per heavy atom. The van der Waals surface area contributed by atoms with E-state index in [1.165, 1.54) is 18.4 Å². The third-order valence-corrected chi connectivity index (χ3v) is 3.59. The topological polar surface area (TPSA) is 43.7 Å². The fourth-order valence-corrected chi connectivity index (χ4v) is 2.71. The van der Waals surface area contributed by atoms with Crippen LogP contribution in [0.3, 0.4) is 0 Å². The largest absolute Gasteiger partial charge is 0.396 e. The van der Waals surface area contributed by atoms with Gasteiger partial charge in [-0.3, -0.25) is 4.90 Å². The Kier molecular flexibility index (Phi) is 4.54. The number of nitrogens with zero attached hydrogens (tertiary/aromatic N) is 1. The summed E-state index contributed by atoms with van der Waals surface area (Å²) in [5.41, 5.74) is 1.20. The van der Waals surface area contributed by atoms with Crippen molar-refractivity contribution in [3.05, 3.63) is 35.9 Å². The van der Waals surface area contributed by atoms with E-state index in [1.807, 2.05) is 18.2 Å². The Bertz CT molecular complexity index is 316. The predicted molar refractivity (Wildman–Crippen MR) is 67.7 cm³/mol. The zero-order chi connectivity index (χ0) is 12.1. The van der Waals surface area contributed by atoms with Crippen LogP contribution >= 0.6 is 0 Å². The summed E-state index contributed by atoms with van der Waals surface area (Å²) in [5.74, 6) is -0.0875. The smallest absolute Gasteiger partial charge is 0.0499 e. The van der Waals surface area contributed by atoms with Gasteiger partial charge in [0, 0.05) is 25.2 Å². The zero-order valence-electron chi connectivity index (χ0n) is 10.1. The molecule has 1 atom stereocenters. The number of aliphatic hydroxyl groups excluding tert-OH is 2. The molecule has 0 radical (unpaired) electrons. The average Bonchev–Trinajstić information content (AvgIpc) is 2.90. The highest BCUT2D eigenvalue weighted by atomic mass is 16.3. The molecule has 1 fully saturated rings. The maximum Gasteiger partial charge on any atom is 0.0499 e. The lowest BCUT2D eigenvalue weighted by atomic mass is 9.93. The van der Waals surface area contributed by atoms with E-state index in [2.05, 4.69) is 17.0 Å². The molecule has 2 rings (SSSR count). The van der Waals surface area contributed by atoms with E-state index in [0.717, 1.165) is 13.1 Å². The molecule has 1 aromatic rings. The lowest BCUT2D eigenvalue weighted by Gasteiger charge is -2.33. The summed E-state index contributed by atoms with van der Waals surface area (Å²) in [6.07, 6.45) is 2.43. The van der Waals surface area contributed by atoms with Crippen molar-refractivity contribution in [2.45, 2.75) is 18.9 Å². The van der Waals surface area contributed by atoms with E-state index in [4.69, 9.17) is 0 Å². The van der Waals surface area contributed by atoms with Crippen molar-refractivity contribution < 1.29 is 10.2 Å². The van der Waals surface area contributed by atoms with E-state index in [1.54, 1.807) is 0 Å². The monoisotopic (exact) mass is 235 g/mol. The van der Waals surface area contributed by atoms with Gasteiger partial charge in [-0.2, -0.15) is 0 Å². The first-order valence-electron chi connectivity index (χ1n) is 6.37. The molecule has 0 unspecified atom stereocenters. The fraction of sp³-hybridized carbons (Fsp3) is 0.571. The summed E-state index contributed by atoms with van der Waals surface area (Å²) in [6.45, 7) is 2.20. The van der Waals surface area contributed by atoms with E-state index in [-0.39, 0.29) is 25.2 Å². The van der Waals surface area contributed by atoms with Gasteiger partial charge < -0.3 is 10.2 Å². The Morgan fingerprint density at radius 3 is 2.12 bits per heavy atom. The molecule has 1 aliphatic heterocycles. The minimum Gasteiger partial charge on any atom is -0.396 e. The molecule has 0 amide bonds. The van der Waals surface area contributed by atoms with Gasteiger partial charge in [-0.15, -0.1) is 0 Å². The maximum absolute atomic E-state index is 9.43. The van der Waals surface area contributed by atoms with Crippen molar-refractivity contribution in [1.82, 2.24) is 4.90 Å². The van der Waals surface area contributed by atoms with Crippen LogP contribution in [0.15, 0.2) is 30.3 Å². The average molecular weight is 235 g/mol. The quantitative estimate of drug-likeness (QED) is 0.811. The normalized spacial score (nSPS) is 18.8. The van der Waals surface area contributed by atoms with Crippen LogP contribution in [-0.4, -0.2) is 41.4 Å². The van der Waals surface area contributed by atoms with Crippen LogP contribution < -0.4 is 0 Å². The van der Waals surface area contributed by atoms with Crippen molar-refractivity contribution in [1.29, 1.82) is 0 Å². The molecular formula is C14H21NO2. The second kappa shape index (κ2) is 6.15. The van der Waals surface area contributed by atoms with Crippen LogP contribution in [0.25, 0.3) is 0 Å². The molecule has 0 saturated carbocycles. The van der Waals surface area contributed by atoms with Crippen molar-refractivity contribution in [2.24, 2.45) is 5.92 Å². The van der Waals surface area contributed by atoms with Crippen LogP contribution in [0.5, 0.6) is 0 Å². The van der Waals surface area contributed by atoms with Crippen LogP contribution in [0.2, 0.25) is 0 Å². The van der Waals surface area contributed by atoms with Crippen LogP contribution in [0.4, 0.5) is 0 Å². The molecule has 1 heterocycles. The Hall–Kier alpha value is -0.900. The van der Waals surface area contributed by atoms with Crippen molar-refractivity contribution in [2.75, 3.05) is 26.3 Å². The van der Waals surface area contributed by atoms with Gasteiger partial charge in [0.2, 0.25) is 0 Å². The van der Waals surface area contributed by atoms with E-state index >= 15 is 0 Å². The van der Waals surface area contributed by atoms with Gasteiger partial charge in [0.25, 0.3) is 0 Å². The number of aliphatic hydroxyl groups is 2. The molecule has 2 N–H and O–H groups in total. The minimum atomic E-state index is -0.0875. The predicted octanol–water partition coefficient (Wildman–Crippen LogP) is 1.42. The van der Waals surface area contributed by atoms with Gasteiger partial charge in [-0.05, 0) is 31.5 Å². The molecule has 3 nitrogen and oxygen atoms in total. The highest BCUT2D eigenvalue weighted by Gasteiger charge is 2.29. The van der Waals surface area contributed by atoms with Crippen molar-refractivity contribution in [3.63, 3.8) is 0 Å². The van der Waals surface area contributed by atoms with Crippen molar-refractivity contribution in [3.8, 4) is 0 Å². The highest BCUT2D eigenvalue weighted by molar-refractivity contribution is 5.20. The summed E-state index contributed by atoms with van der Waals surface area (Å²) in [7, 11) is 0. The molecule has 0 aliphatic carbocycles.